The molecule has 0 aromatic heterocycles. The van der Waals surface area contributed by atoms with Crippen molar-refractivity contribution in [3.05, 3.63) is 46.6 Å². The molecule has 48 valence electrons. The van der Waals surface area contributed by atoms with Gasteiger partial charge in [0.05, 0.1) is 0 Å². The van der Waals surface area contributed by atoms with Gasteiger partial charge in [-0.1, -0.05) is 24.3 Å². The predicted molar refractivity (Wildman–Crippen MR) is 41.6 cm³/mol. The van der Waals surface area contributed by atoms with E-state index in [1.165, 1.54) is 18.4 Å². The first-order chi connectivity index (χ1) is 4.95. The van der Waals surface area contributed by atoms with Crippen LogP contribution >= 0.6 is 0 Å². The Morgan fingerprint density at radius 1 is 1.10 bits per heavy atom. The maximum absolute atomic E-state index is 2.27. The molecule has 0 spiro atoms. The highest BCUT2D eigenvalue weighted by molar-refractivity contribution is 5.67. The summed E-state index contributed by atoms with van der Waals surface area (Å²) in [5, 5.41) is 0. The fraction of sp³-hybridized carbons (Fsp3) is 0.200. The molecule has 2 bridgehead atoms. The molecule has 0 aliphatic heterocycles. The quantitative estimate of drug-likeness (QED) is 0.470. The summed E-state index contributed by atoms with van der Waals surface area (Å²) in [7, 11) is 0. The maximum Gasteiger partial charge on any atom is -0.00167 e. The summed E-state index contributed by atoms with van der Waals surface area (Å²) < 4.78 is 0. The van der Waals surface area contributed by atoms with E-state index in [9.17, 15) is 0 Å². The molecule has 3 aliphatic rings. The summed E-state index contributed by atoms with van der Waals surface area (Å²) in [5.41, 5.74) is 6.23. The largest absolute Gasteiger partial charge is 0.0795 e. The highest BCUT2D eigenvalue weighted by Crippen LogP contribution is 2.45. The molecular weight excluding hydrogens is 120 g/mol. The van der Waals surface area contributed by atoms with E-state index >= 15 is 0 Å². The summed E-state index contributed by atoms with van der Waals surface area (Å²) in [6, 6.07) is 0. The smallest absolute Gasteiger partial charge is 0.00167 e. The molecule has 0 unspecified atom stereocenters. The lowest BCUT2D eigenvalue weighted by Gasteiger charge is -1.98. The minimum atomic E-state index is 1.18. The van der Waals surface area contributed by atoms with E-state index in [2.05, 4.69) is 24.3 Å². The van der Waals surface area contributed by atoms with Crippen molar-refractivity contribution in [3.8, 4) is 0 Å². The van der Waals surface area contributed by atoms with Crippen LogP contribution in [0.25, 0.3) is 0 Å². The van der Waals surface area contributed by atoms with Crippen LogP contribution in [0.2, 0.25) is 0 Å². The maximum atomic E-state index is 2.27. The van der Waals surface area contributed by atoms with Crippen molar-refractivity contribution in [1.82, 2.24) is 0 Å². The third kappa shape index (κ3) is 0.367. The van der Waals surface area contributed by atoms with Crippen molar-refractivity contribution in [1.29, 1.82) is 0 Å². The average Bonchev–Trinajstić information content (AvgIpc) is 2.60. The van der Waals surface area contributed by atoms with Gasteiger partial charge in [0.2, 0.25) is 0 Å². The van der Waals surface area contributed by atoms with Crippen molar-refractivity contribution in [2.75, 3.05) is 0 Å². The van der Waals surface area contributed by atoms with E-state index in [1.54, 1.807) is 16.7 Å². The van der Waals surface area contributed by atoms with Gasteiger partial charge in [-0.2, -0.15) is 0 Å². The normalized spacial score (nSPS) is 25.6. The van der Waals surface area contributed by atoms with E-state index in [4.69, 9.17) is 0 Å². The molecule has 0 saturated heterocycles. The lowest BCUT2D eigenvalue weighted by molar-refractivity contribution is 1.21. The summed E-state index contributed by atoms with van der Waals surface area (Å²) in [4.78, 5) is 0. The number of allylic oxidation sites excluding steroid dienone is 8. The fourth-order valence-corrected chi connectivity index (χ4v) is 2.03. The lowest BCUT2D eigenvalue weighted by atomic mass is 10.1. The van der Waals surface area contributed by atoms with Crippen molar-refractivity contribution in [3.63, 3.8) is 0 Å². The van der Waals surface area contributed by atoms with Gasteiger partial charge in [-0.05, 0) is 35.1 Å². The molecule has 0 aromatic rings. The lowest BCUT2D eigenvalue weighted by Crippen LogP contribution is -1.79. The van der Waals surface area contributed by atoms with E-state index in [-0.39, 0.29) is 0 Å². The van der Waals surface area contributed by atoms with E-state index in [1.807, 2.05) is 0 Å². The Bertz CT molecular complexity index is 322. The zero-order valence-electron chi connectivity index (χ0n) is 5.72. The van der Waals surface area contributed by atoms with Gasteiger partial charge in [-0.25, -0.2) is 0 Å². The second-order valence-electron chi connectivity index (χ2n) is 3.06. The molecule has 0 N–H and O–H groups in total. The monoisotopic (exact) mass is 128 g/mol. The Balaban J connectivity index is 2.31. The summed E-state index contributed by atoms with van der Waals surface area (Å²) in [5.74, 6) is 0. The van der Waals surface area contributed by atoms with Gasteiger partial charge < -0.3 is 0 Å². The van der Waals surface area contributed by atoms with Gasteiger partial charge in [-0.15, -0.1) is 0 Å². The molecule has 0 nitrogen and oxygen atoms in total. The molecule has 3 aliphatic carbocycles. The Kier molecular flexibility index (Phi) is 0.634. The number of rotatable bonds is 0. The second-order valence-corrected chi connectivity index (χ2v) is 3.06. The summed E-state index contributed by atoms with van der Waals surface area (Å²) in [6.07, 6.45) is 11.4. The van der Waals surface area contributed by atoms with Crippen molar-refractivity contribution < 1.29 is 0 Å². The Morgan fingerprint density at radius 3 is 2.90 bits per heavy atom. The molecule has 0 aromatic carbocycles. The van der Waals surface area contributed by atoms with Crippen molar-refractivity contribution >= 4 is 0 Å². The minimum Gasteiger partial charge on any atom is -0.0795 e. The zero-order chi connectivity index (χ0) is 6.55. The number of hydrogen-bond acceptors (Lipinski definition) is 0. The van der Waals surface area contributed by atoms with E-state index in [0.29, 0.717) is 0 Å². The van der Waals surface area contributed by atoms with Gasteiger partial charge in [0.1, 0.15) is 0 Å². The SMILES string of the molecule is C1=CC2=C(C1)C1=CC=C2C1. The molecule has 0 radical (unpaired) electrons. The van der Waals surface area contributed by atoms with Crippen LogP contribution in [0, 0.1) is 0 Å². The Morgan fingerprint density at radius 2 is 2.00 bits per heavy atom. The van der Waals surface area contributed by atoms with Gasteiger partial charge in [0.25, 0.3) is 0 Å². The van der Waals surface area contributed by atoms with Gasteiger partial charge >= 0.3 is 0 Å². The standard InChI is InChI=1S/C10H8/c1-2-9-7-4-5-8(6-7)10(9)3-1/h1-2,4-5H,3,6H2. The molecule has 0 amide bonds. The van der Waals surface area contributed by atoms with Crippen LogP contribution in [0.3, 0.4) is 0 Å². The molecule has 0 heterocycles. The second kappa shape index (κ2) is 1.34. The third-order valence-corrected chi connectivity index (χ3v) is 2.53. The number of fused-ring (bicyclic) bond motifs is 4. The first-order valence-electron chi connectivity index (χ1n) is 3.75. The average molecular weight is 128 g/mol. The van der Waals surface area contributed by atoms with Gasteiger partial charge in [0, 0.05) is 0 Å². The number of hydrogen-bond donors (Lipinski definition) is 0. The van der Waals surface area contributed by atoms with Crippen LogP contribution in [0.5, 0.6) is 0 Å². The van der Waals surface area contributed by atoms with Crippen LogP contribution in [-0.4, -0.2) is 0 Å². The summed E-state index contributed by atoms with van der Waals surface area (Å²) >= 11 is 0. The first-order valence-corrected chi connectivity index (χ1v) is 3.75. The molecule has 0 fully saturated rings. The van der Waals surface area contributed by atoms with Gasteiger partial charge in [0.15, 0.2) is 0 Å². The highest BCUT2D eigenvalue weighted by atomic mass is 14.3. The van der Waals surface area contributed by atoms with Crippen LogP contribution in [-0.2, 0) is 0 Å². The topological polar surface area (TPSA) is 0 Å². The molecular formula is C10H8. The Hall–Kier alpha value is -1.04. The van der Waals surface area contributed by atoms with Crippen LogP contribution < -0.4 is 0 Å². The van der Waals surface area contributed by atoms with Crippen LogP contribution in [0.1, 0.15) is 12.8 Å². The third-order valence-electron chi connectivity index (χ3n) is 2.53. The predicted octanol–water partition coefficient (Wildman–Crippen LogP) is 2.51. The first kappa shape index (κ1) is 4.73. The van der Waals surface area contributed by atoms with Gasteiger partial charge in [-0.3, -0.25) is 0 Å². The van der Waals surface area contributed by atoms with Crippen molar-refractivity contribution in [2.45, 2.75) is 12.8 Å². The van der Waals surface area contributed by atoms with E-state index in [0.717, 1.165) is 0 Å². The highest BCUT2D eigenvalue weighted by Gasteiger charge is 2.26. The molecule has 0 saturated carbocycles. The fourth-order valence-electron chi connectivity index (χ4n) is 2.03. The van der Waals surface area contributed by atoms with E-state index < -0.39 is 0 Å². The molecule has 3 rings (SSSR count). The van der Waals surface area contributed by atoms with Crippen LogP contribution in [0.4, 0.5) is 0 Å². The van der Waals surface area contributed by atoms with Crippen molar-refractivity contribution in [2.24, 2.45) is 0 Å². The minimum absolute atomic E-state index is 1.18. The zero-order valence-corrected chi connectivity index (χ0v) is 5.72. The Labute approximate surface area is 60.2 Å². The summed E-state index contributed by atoms with van der Waals surface area (Å²) in [6.45, 7) is 0. The van der Waals surface area contributed by atoms with Crippen LogP contribution in [0.15, 0.2) is 46.6 Å². The molecule has 0 heteroatoms. The molecule has 10 heavy (non-hydrogen) atoms. The molecule has 0 atom stereocenters.